The van der Waals surface area contributed by atoms with Crippen molar-refractivity contribution >= 4 is 17.7 Å². The van der Waals surface area contributed by atoms with E-state index in [9.17, 15) is 14.4 Å². The highest BCUT2D eigenvalue weighted by Crippen LogP contribution is 2.55. The molecule has 168 valence electrons. The van der Waals surface area contributed by atoms with Gasteiger partial charge in [0.15, 0.2) is 5.72 Å². The predicted molar refractivity (Wildman–Crippen MR) is 111 cm³/mol. The lowest BCUT2D eigenvalue weighted by molar-refractivity contribution is -0.137. The molecule has 1 aliphatic carbocycles. The normalized spacial score (nSPS) is 30.4. The maximum Gasteiger partial charge on any atom is 0.404 e. The van der Waals surface area contributed by atoms with Gasteiger partial charge < -0.3 is 35.9 Å². The molecule has 0 spiro atoms. The van der Waals surface area contributed by atoms with Crippen LogP contribution < -0.4 is 16.8 Å². The van der Waals surface area contributed by atoms with Crippen molar-refractivity contribution < 1.29 is 28.6 Å². The number of piperazine rings is 1. The van der Waals surface area contributed by atoms with Crippen LogP contribution in [0.2, 0.25) is 0 Å². The maximum atomic E-state index is 13.5. The first-order valence-corrected chi connectivity index (χ1v) is 10.3. The van der Waals surface area contributed by atoms with E-state index in [2.05, 4.69) is 5.32 Å². The third-order valence-corrected chi connectivity index (χ3v) is 6.69. The Labute approximate surface area is 184 Å². The number of Topliss-reactive ketones (excluding diaryl/α,β-unsaturated/α-hetero) is 2. The summed E-state index contributed by atoms with van der Waals surface area (Å²) in [5.41, 5.74) is 11.6. The van der Waals surface area contributed by atoms with E-state index in [1.54, 1.807) is 0 Å². The highest BCUT2D eigenvalue weighted by molar-refractivity contribution is 6.25. The van der Waals surface area contributed by atoms with Gasteiger partial charge in [0.1, 0.15) is 6.61 Å². The second kappa shape index (κ2) is 7.44. The zero-order valence-corrected chi connectivity index (χ0v) is 17.5. The Kier molecular flexibility index (Phi) is 4.81. The second-order valence-electron chi connectivity index (χ2n) is 8.29. The number of allylic oxidation sites excluding steroid dienone is 2. The number of amides is 1. The molecule has 4 aliphatic rings. The van der Waals surface area contributed by atoms with E-state index in [-0.39, 0.29) is 60.2 Å². The summed E-state index contributed by atoms with van der Waals surface area (Å²) in [5, 5.41) is 3.31. The molecule has 0 radical (unpaired) electrons. The van der Waals surface area contributed by atoms with Crippen LogP contribution in [0, 0.1) is 5.92 Å². The van der Waals surface area contributed by atoms with E-state index in [1.165, 1.54) is 7.11 Å². The molecule has 2 fully saturated rings. The average Bonchev–Trinajstić information content (AvgIpc) is 3.39. The standard InChI is InChI=1S/C22H24N4O6/c1-30-22-13(10-32-21(24)29)15-17(26(22)7-14-20(22)25-14)18(27)12(16(23)19(15)28)9-31-8-11-5-3-2-4-6-11/h2-6,13-14,20,25H,7-10,23H2,1H3,(H2,24,29)/t13-,14+,20+,22-/m1/s1. The summed E-state index contributed by atoms with van der Waals surface area (Å²) in [4.78, 5) is 40.0. The number of methoxy groups -OCH3 is 1. The molecule has 4 atom stereocenters. The molecule has 5 N–H and O–H groups in total. The Morgan fingerprint density at radius 1 is 1.22 bits per heavy atom. The van der Waals surface area contributed by atoms with Crippen LogP contribution >= 0.6 is 0 Å². The number of fused-ring (bicyclic) bond motifs is 4. The number of benzene rings is 1. The Morgan fingerprint density at radius 2 is 1.97 bits per heavy atom. The van der Waals surface area contributed by atoms with Gasteiger partial charge in [-0.3, -0.25) is 9.59 Å². The molecular formula is C22H24N4O6. The SMILES string of the molecule is CO[C@@]12[C@H](COC(N)=O)C3=C(C(=O)C(COCc4ccccc4)=C(N)C3=O)N1C[C@@H]1N[C@@H]12. The minimum absolute atomic E-state index is 0.0938. The molecule has 0 unspecified atom stereocenters. The Morgan fingerprint density at radius 3 is 2.66 bits per heavy atom. The van der Waals surface area contributed by atoms with E-state index in [0.717, 1.165) is 5.56 Å². The summed E-state index contributed by atoms with van der Waals surface area (Å²) in [5.74, 6) is -1.55. The van der Waals surface area contributed by atoms with Crippen molar-refractivity contribution in [1.82, 2.24) is 10.2 Å². The van der Waals surface area contributed by atoms with Gasteiger partial charge in [-0.05, 0) is 5.56 Å². The fourth-order valence-electron chi connectivity index (χ4n) is 5.23. The first-order valence-electron chi connectivity index (χ1n) is 10.3. The van der Waals surface area contributed by atoms with Crippen LogP contribution in [-0.4, -0.2) is 67.2 Å². The summed E-state index contributed by atoms with van der Waals surface area (Å²) >= 11 is 0. The van der Waals surface area contributed by atoms with Crippen molar-refractivity contribution in [2.75, 3.05) is 26.9 Å². The summed E-state index contributed by atoms with van der Waals surface area (Å²) in [7, 11) is 1.51. The Bertz CT molecular complexity index is 1070. The lowest BCUT2D eigenvalue weighted by Gasteiger charge is -2.39. The molecule has 2 saturated heterocycles. The third-order valence-electron chi connectivity index (χ3n) is 6.69. The highest BCUT2D eigenvalue weighted by atomic mass is 16.6. The van der Waals surface area contributed by atoms with Crippen LogP contribution in [0.25, 0.3) is 0 Å². The molecule has 10 heteroatoms. The van der Waals surface area contributed by atoms with Gasteiger partial charge in [-0.1, -0.05) is 30.3 Å². The fourth-order valence-corrected chi connectivity index (χ4v) is 5.23. The number of hydrogen-bond donors (Lipinski definition) is 3. The van der Waals surface area contributed by atoms with Crippen molar-refractivity contribution in [3.8, 4) is 0 Å². The van der Waals surface area contributed by atoms with Gasteiger partial charge in [0, 0.05) is 25.3 Å². The Hall–Kier alpha value is -3.21. The summed E-state index contributed by atoms with van der Waals surface area (Å²) in [6, 6.07) is 9.50. The number of carbonyl (C=O) groups excluding carboxylic acids is 3. The molecule has 0 aromatic heterocycles. The van der Waals surface area contributed by atoms with Crippen LogP contribution in [0.5, 0.6) is 0 Å². The summed E-state index contributed by atoms with van der Waals surface area (Å²) < 4.78 is 16.7. The molecule has 0 saturated carbocycles. The van der Waals surface area contributed by atoms with E-state index in [4.69, 9.17) is 25.7 Å². The quantitative estimate of drug-likeness (QED) is 0.377. The largest absolute Gasteiger partial charge is 0.449 e. The van der Waals surface area contributed by atoms with Gasteiger partial charge in [0.2, 0.25) is 11.6 Å². The van der Waals surface area contributed by atoms with Gasteiger partial charge in [0.05, 0.1) is 42.1 Å². The molecule has 3 heterocycles. The topological polar surface area (TPSA) is 156 Å². The van der Waals surface area contributed by atoms with Crippen molar-refractivity contribution in [2.24, 2.45) is 17.4 Å². The van der Waals surface area contributed by atoms with E-state index >= 15 is 0 Å². The molecule has 1 amide bonds. The zero-order chi connectivity index (χ0) is 22.6. The van der Waals surface area contributed by atoms with E-state index < -0.39 is 23.5 Å². The van der Waals surface area contributed by atoms with Crippen LogP contribution in [0.1, 0.15) is 5.56 Å². The fraction of sp³-hybridized carbons (Fsp3) is 0.409. The minimum Gasteiger partial charge on any atom is -0.449 e. The smallest absolute Gasteiger partial charge is 0.404 e. The van der Waals surface area contributed by atoms with Gasteiger partial charge in [-0.15, -0.1) is 0 Å². The van der Waals surface area contributed by atoms with Crippen LogP contribution in [0.3, 0.4) is 0 Å². The van der Waals surface area contributed by atoms with Gasteiger partial charge in [0.25, 0.3) is 0 Å². The molecule has 3 aliphatic heterocycles. The summed E-state index contributed by atoms with van der Waals surface area (Å²) in [6.07, 6.45) is -0.969. The van der Waals surface area contributed by atoms with E-state index in [1.807, 2.05) is 35.2 Å². The monoisotopic (exact) mass is 440 g/mol. The number of hydrogen-bond acceptors (Lipinski definition) is 9. The molecule has 1 aromatic rings. The average molecular weight is 440 g/mol. The van der Waals surface area contributed by atoms with Gasteiger partial charge >= 0.3 is 6.09 Å². The van der Waals surface area contributed by atoms with Crippen molar-refractivity contribution in [3.63, 3.8) is 0 Å². The van der Waals surface area contributed by atoms with Crippen molar-refractivity contribution in [1.29, 1.82) is 0 Å². The first-order chi connectivity index (χ1) is 15.4. The van der Waals surface area contributed by atoms with Crippen molar-refractivity contribution in [3.05, 3.63) is 58.4 Å². The van der Waals surface area contributed by atoms with Crippen LogP contribution in [0.4, 0.5) is 4.79 Å². The number of ketones is 2. The molecule has 0 bridgehead atoms. The number of nitrogens with zero attached hydrogens (tertiary/aromatic N) is 1. The molecular weight excluding hydrogens is 416 g/mol. The van der Waals surface area contributed by atoms with Gasteiger partial charge in [-0.25, -0.2) is 4.79 Å². The summed E-state index contributed by atoms with van der Waals surface area (Å²) in [6.45, 7) is 0.473. The van der Waals surface area contributed by atoms with E-state index in [0.29, 0.717) is 6.54 Å². The number of primary amides is 1. The molecule has 5 rings (SSSR count). The minimum atomic E-state index is -1.03. The van der Waals surface area contributed by atoms with Crippen LogP contribution in [-0.2, 0) is 30.4 Å². The zero-order valence-electron chi connectivity index (χ0n) is 17.5. The number of carbonyl (C=O) groups is 3. The maximum absolute atomic E-state index is 13.5. The number of ether oxygens (including phenoxy) is 3. The third kappa shape index (κ3) is 2.87. The lowest BCUT2D eigenvalue weighted by Crippen LogP contribution is -2.55. The predicted octanol–water partition coefficient (Wildman–Crippen LogP) is -0.454. The van der Waals surface area contributed by atoms with Crippen molar-refractivity contribution in [2.45, 2.75) is 24.4 Å². The number of nitrogens with two attached hydrogens (primary N) is 2. The molecule has 10 nitrogen and oxygen atoms in total. The molecule has 1 aromatic carbocycles. The highest BCUT2D eigenvalue weighted by Gasteiger charge is 2.72. The number of nitrogens with one attached hydrogen (secondary N) is 1. The second-order valence-corrected chi connectivity index (χ2v) is 8.29. The van der Waals surface area contributed by atoms with Gasteiger partial charge in [-0.2, -0.15) is 0 Å². The lowest BCUT2D eigenvalue weighted by atomic mass is 9.82. The van der Waals surface area contributed by atoms with Crippen LogP contribution in [0.15, 0.2) is 52.9 Å². The molecule has 32 heavy (non-hydrogen) atoms. The Balaban J connectivity index is 1.45. The number of rotatable bonds is 7. The first kappa shape index (κ1) is 20.7.